The van der Waals surface area contributed by atoms with Gasteiger partial charge in [-0.05, 0) is 35.4 Å². The summed E-state index contributed by atoms with van der Waals surface area (Å²) in [6.45, 7) is 1.05. The Hall–Kier alpha value is -4.52. The first-order valence-corrected chi connectivity index (χ1v) is 11.9. The molecule has 0 aliphatic heterocycles. The molecule has 2 N–H and O–H groups in total. The Balaban J connectivity index is 1.32. The average molecular weight is 481 g/mol. The molecule has 36 heavy (non-hydrogen) atoms. The molecule has 0 aliphatic rings. The summed E-state index contributed by atoms with van der Waals surface area (Å²) >= 11 is 0. The van der Waals surface area contributed by atoms with Gasteiger partial charge in [0.15, 0.2) is 0 Å². The Morgan fingerprint density at radius 1 is 0.778 bits per heavy atom. The van der Waals surface area contributed by atoms with E-state index in [0.717, 1.165) is 22.4 Å². The number of nitrogens with zero attached hydrogens (tertiary/aromatic N) is 2. The van der Waals surface area contributed by atoms with Gasteiger partial charge < -0.3 is 15.4 Å². The highest BCUT2D eigenvalue weighted by molar-refractivity contribution is 5.92. The molecule has 2 amide bonds. The van der Waals surface area contributed by atoms with Crippen molar-refractivity contribution in [3.05, 3.63) is 120 Å². The van der Waals surface area contributed by atoms with Gasteiger partial charge in [0.25, 0.3) is 5.91 Å². The first-order valence-electron chi connectivity index (χ1n) is 11.9. The Kier molecular flexibility index (Phi) is 8.75. The van der Waals surface area contributed by atoms with Crippen molar-refractivity contribution in [1.29, 1.82) is 0 Å². The average Bonchev–Trinajstić information content (AvgIpc) is 2.93. The molecule has 0 fully saturated rings. The Labute approximate surface area is 210 Å². The van der Waals surface area contributed by atoms with E-state index in [1.54, 1.807) is 18.3 Å². The third-order valence-electron chi connectivity index (χ3n) is 5.56. The number of pyridine rings is 2. The lowest BCUT2D eigenvalue weighted by atomic mass is 10.0. The van der Waals surface area contributed by atoms with Crippen molar-refractivity contribution in [1.82, 2.24) is 20.6 Å². The molecule has 0 unspecified atom stereocenters. The first-order chi connectivity index (χ1) is 17.7. The summed E-state index contributed by atoms with van der Waals surface area (Å²) in [6, 6.07) is 28.6. The Bertz CT molecular complexity index is 1280. The second-order valence-corrected chi connectivity index (χ2v) is 8.12. The molecule has 2 aromatic heterocycles. The smallest absolute Gasteiger partial charge is 0.407 e. The Morgan fingerprint density at radius 2 is 1.58 bits per heavy atom. The monoisotopic (exact) mass is 480 g/mol. The van der Waals surface area contributed by atoms with Crippen molar-refractivity contribution < 1.29 is 14.3 Å². The molecule has 4 aromatic rings. The minimum Gasteiger partial charge on any atom is -0.449 e. The standard InChI is InChI=1S/C29H28N4O3/c34-28(31-19-16-24-12-6-7-18-30-24)27-15-8-14-26(33-27)25-13-5-4-11-23(25)21-32-29(35)36-20-17-22-9-2-1-3-10-22/h1-15,18H,16-17,19-21H2,(H,31,34)(H,32,35). The second kappa shape index (κ2) is 12.8. The van der Waals surface area contributed by atoms with Crippen molar-refractivity contribution in [2.45, 2.75) is 19.4 Å². The number of benzene rings is 2. The van der Waals surface area contributed by atoms with E-state index >= 15 is 0 Å². The molecule has 182 valence electrons. The third kappa shape index (κ3) is 7.24. The molecule has 2 heterocycles. The van der Waals surface area contributed by atoms with Gasteiger partial charge in [-0.25, -0.2) is 9.78 Å². The zero-order chi connectivity index (χ0) is 25.0. The minimum absolute atomic E-state index is 0.245. The zero-order valence-electron chi connectivity index (χ0n) is 19.9. The maximum atomic E-state index is 12.7. The van der Waals surface area contributed by atoms with Crippen LogP contribution in [0, 0.1) is 0 Å². The fourth-order valence-corrected chi connectivity index (χ4v) is 3.70. The lowest BCUT2D eigenvalue weighted by molar-refractivity contribution is 0.0949. The number of aromatic nitrogens is 2. The van der Waals surface area contributed by atoms with Crippen LogP contribution in [0.5, 0.6) is 0 Å². The SMILES string of the molecule is O=C(NCc1ccccc1-c1cccc(C(=O)NCCc2ccccn2)n1)OCCc1ccccc1. The van der Waals surface area contributed by atoms with Crippen LogP contribution in [0.2, 0.25) is 0 Å². The van der Waals surface area contributed by atoms with Crippen molar-refractivity contribution in [3.8, 4) is 11.3 Å². The molecule has 0 atom stereocenters. The van der Waals surface area contributed by atoms with Gasteiger partial charge in [0.05, 0.1) is 12.3 Å². The largest absolute Gasteiger partial charge is 0.449 e. The molecule has 0 bridgehead atoms. The van der Waals surface area contributed by atoms with Crippen LogP contribution in [0.15, 0.2) is 97.2 Å². The summed E-state index contributed by atoms with van der Waals surface area (Å²) in [5.74, 6) is -0.245. The summed E-state index contributed by atoms with van der Waals surface area (Å²) in [6.07, 6.45) is 2.56. The van der Waals surface area contributed by atoms with Crippen LogP contribution >= 0.6 is 0 Å². The van der Waals surface area contributed by atoms with Gasteiger partial charge in [0.1, 0.15) is 5.69 Å². The molecule has 0 aliphatic carbocycles. The summed E-state index contributed by atoms with van der Waals surface area (Å²) in [5.41, 5.74) is 4.73. The minimum atomic E-state index is -0.477. The number of carbonyl (C=O) groups is 2. The van der Waals surface area contributed by atoms with Crippen LogP contribution < -0.4 is 10.6 Å². The molecule has 0 saturated carbocycles. The van der Waals surface area contributed by atoms with Gasteiger partial charge in [0, 0.05) is 43.4 Å². The predicted molar refractivity (Wildman–Crippen MR) is 138 cm³/mol. The van der Waals surface area contributed by atoms with Gasteiger partial charge in [-0.1, -0.05) is 66.7 Å². The van der Waals surface area contributed by atoms with E-state index in [-0.39, 0.29) is 12.5 Å². The summed E-state index contributed by atoms with van der Waals surface area (Å²) in [5, 5.41) is 5.70. The molecule has 0 saturated heterocycles. The van der Waals surface area contributed by atoms with Gasteiger partial charge in [-0.15, -0.1) is 0 Å². The van der Waals surface area contributed by atoms with Crippen LogP contribution in [0.25, 0.3) is 11.3 Å². The summed E-state index contributed by atoms with van der Waals surface area (Å²) in [4.78, 5) is 33.7. The topological polar surface area (TPSA) is 93.2 Å². The van der Waals surface area contributed by atoms with Crippen molar-refractivity contribution in [2.75, 3.05) is 13.2 Å². The van der Waals surface area contributed by atoms with E-state index in [4.69, 9.17) is 4.74 Å². The number of rotatable bonds is 10. The molecule has 2 aromatic carbocycles. The number of hydrogen-bond donors (Lipinski definition) is 2. The van der Waals surface area contributed by atoms with Crippen LogP contribution in [-0.4, -0.2) is 35.1 Å². The molecule has 7 nitrogen and oxygen atoms in total. The van der Waals surface area contributed by atoms with E-state index in [1.165, 1.54) is 0 Å². The number of ether oxygens (including phenoxy) is 1. The molecular formula is C29H28N4O3. The molecule has 0 spiro atoms. The quantitative estimate of drug-likeness (QED) is 0.346. The summed E-state index contributed by atoms with van der Waals surface area (Å²) in [7, 11) is 0. The van der Waals surface area contributed by atoms with Gasteiger partial charge >= 0.3 is 6.09 Å². The van der Waals surface area contributed by atoms with Crippen LogP contribution in [-0.2, 0) is 24.1 Å². The Morgan fingerprint density at radius 3 is 2.42 bits per heavy atom. The van der Waals surface area contributed by atoms with E-state index < -0.39 is 6.09 Å². The maximum absolute atomic E-state index is 12.7. The predicted octanol–water partition coefficient (Wildman–Crippen LogP) is 4.59. The maximum Gasteiger partial charge on any atom is 0.407 e. The number of amides is 2. The third-order valence-corrected chi connectivity index (χ3v) is 5.56. The number of nitrogens with one attached hydrogen (secondary N) is 2. The van der Waals surface area contributed by atoms with Crippen molar-refractivity contribution in [2.24, 2.45) is 0 Å². The molecular weight excluding hydrogens is 452 g/mol. The number of carbonyl (C=O) groups excluding carboxylic acids is 2. The van der Waals surface area contributed by atoms with E-state index in [1.807, 2.05) is 78.9 Å². The van der Waals surface area contributed by atoms with Crippen molar-refractivity contribution >= 4 is 12.0 Å². The van der Waals surface area contributed by atoms with E-state index in [9.17, 15) is 9.59 Å². The fraction of sp³-hybridized carbons (Fsp3) is 0.172. The van der Waals surface area contributed by atoms with Crippen LogP contribution in [0.3, 0.4) is 0 Å². The van der Waals surface area contributed by atoms with Gasteiger partial charge in [-0.2, -0.15) is 0 Å². The summed E-state index contributed by atoms with van der Waals surface area (Å²) < 4.78 is 5.31. The second-order valence-electron chi connectivity index (χ2n) is 8.12. The van der Waals surface area contributed by atoms with Crippen LogP contribution in [0.4, 0.5) is 4.79 Å². The zero-order valence-corrected chi connectivity index (χ0v) is 19.9. The lowest BCUT2D eigenvalue weighted by Gasteiger charge is -2.12. The lowest BCUT2D eigenvalue weighted by Crippen LogP contribution is -2.27. The van der Waals surface area contributed by atoms with Crippen molar-refractivity contribution in [3.63, 3.8) is 0 Å². The van der Waals surface area contributed by atoms with Crippen LogP contribution in [0.1, 0.15) is 27.3 Å². The molecule has 0 radical (unpaired) electrons. The number of hydrogen-bond acceptors (Lipinski definition) is 5. The van der Waals surface area contributed by atoms with Gasteiger partial charge in [-0.3, -0.25) is 9.78 Å². The first kappa shape index (κ1) is 24.6. The number of alkyl carbamates (subject to hydrolysis) is 1. The van der Waals surface area contributed by atoms with Gasteiger partial charge in [0.2, 0.25) is 0 Å². The van der Waals surface area contributed by atoms with E-state index in [2.05, 4.69) is 20.6 Å². The highest BCUT2D eigenvalue weighted by Crippen LogP contribution is 2.22. The highest BCUT2D eigenvalue weighted by atomic mass is 16.5. The normalized spacial score (nSPS) is 10.4. The molecule has 7 heteroatoms. The fourth-order valence-electron chi connectivity index (χ4n) is 3.70. The van der Waals surface area contributed by atoms with E-state index in [0.29, 0.717) is 37.4 Å². The highest BCUT2D eigenvalue weighted by Gasteiger charge is 2.12. The molecule has 4 rings (SSSR count).